The molecule has 0 radical (unpaired) electrons. The van der Waals surface area contributed by atoms with Gasteiger partial charge in [0.15, 0.2) is 0 Å². The Hall–Kier alpha value is -2.68. The number of hydrogen-bond acceptors (Lipinski definition) is 7. The highest BCUT2D eigenvalue weighted by Gasteiger charge is 2.17. The van der Waals surface area contributed by atoms with Crippen molar-refractivity contribution >= 4 is 108 Å². The van der Waals surface area contributed by atoms with Gasteiger partial charge in [-0.3, -0.25) is 0 Å². The number of fused-ring (bicyclic) bond motifs is 5. The van der Waals surface area contributed by atoms with Crippen LogP contribution in [0.5, 0.6) is 0 Å². The van der Waals surface area contributed by atoms with E-state index in [1.54, 1.807) is 22.7 Å². The average molecular weight is 513 g/mol. The molecular weight excluding hydrogens is 501 g/mol. The van der Waals surface area contributed by atoms with Crippen LogP contribution in [0.2, 0.25) is 0 Å². The van der Waals surface area contributed by atoms with E-state index in [0.29, 0.717) is 0 Å². The summed E-state index contributed by atoms with van der Waals surface area (Å²) in [4.78, 5) is 2.51. The molecule has 0 unspecified atom stereocenters. The lowest BCUT2D eigenvalue weighted by Crippen LogP contribution is -1.81. The third kappa shape index (κ3) is 2.81. The van der Waals surface area contributed by atoms with E-state index in [1.807, 2.05) is 22.7 Å². The van der Waals surface area contributed by atoms with Gasteiger partial charge in [0.05, 0.1) is 11.7 Å². The Morgan fingerprint density at radius 1 is 0.485 bits per heavy atom. The second-order valence-electron chi connectivity index (χ2n) is 8.04. The van der Waals surface area contributed by atoms with Gasteiger partial charge < -0.3 is 0 Å². The van der Waals surface area contributed by atoms with E-state index in [-0.39, 0.29) is 0 Å². The lowest BCUT2D eigenvalue weighted by atomic mass is 10.0. The topological polar surface area (TPSA) is 25.8 Å². The molecule has 0 fully saturated rings. The average Bonchev–Trinajstić information content (AvgIpc) is 3.63. The minimum atomic E-state index is 1.00. The van der Waals surface area contributed by atoms with Crippen LogP contribution in [-0.2, 0) is 0 Å². The van der Waals surface area contributed by atoms with Crippen molar-refractivity contribution in [1.29, 1.82) is 0 Å². The molecule has 5 aromatic heterocycles. The minimum Gasteiger partial charge on any atom is -0.172 e. The Morgan fingerprint density at radius 3 is 1.52 bits per heavy atom. The summed E-state index contributed by atoms with van der Waals surface area (Å²) in [6.07, 6.45) is 0. The van der Waals surface area contributed by atoms with Gasteiger partial charge in [0, 0.05) is 39.7 Å². The molecule has 0 spiro atoms. The van der Waals surface area contributed by atoms with E-state index in [1.165, 1.54) is 73.0 Å². The molecule has 0 amide bonds. The van der Waals surface area contributed by atoms with Gasteiger partial charge in [0.2, 0.25) is 0 Å². The summed E-state index contributed by atoms with van der Waals surface area (Å²) in [7, 11) is 0. The third-order valence-electron chi connectivity index (χ3n) is 6.13. The standard InChI is InChI=1S/C26H12N2S5/c1-2-18(24-10-16-8-14-4-6-30-20(14)12-22(16)32-24)26-25(27-33-28-26)17(1)23-9-15-7-13-3-5-29-19(13)11-21(15)31-23/h1-12H. The summed E-state index contributed by atoms with van der Waals surface area (Å²) < 4.78 is 14.8. The lowest BCUT2D eigenvalue weighted by Gasteiger charge is -2.03. The predicted molar refractivity (Wildman–Crippen MR) is 150 cm³/mol. The number of aromatic nitrogens is 2. The Morgan fingerprint density at radius 2 is 1.00 bits per heavy atom. The molecule has 0 saturated heterocycles. The molecule has 8 aromatic rings. The summed E-state index contributed by atoms with van der Waals surface area (Å²) in [5, 5.41) is 9.55. The van der Waals surface area contributed by atoms with E-state index >= 15 is 0 Å². The first-order valence-corrected chi connectivity index (χ1v) is 14.5. The Balaban J connectivity index is 1.31. The zero-order valence-corrected chi connectivity index (χ0v) is 20.9. The highest BCUT2D eigenvalue weighted by Crippen LogP contribution is 2.43. The van der Waals surface area contributed by atoms with Crippen LogP contribution in [0.15, 0.2) is 71.4 Å². The number of benzene rings is 3. The molecule has 0 aliphatic carbocycles. The van der Waals surface area contributed by atoms with Crippen molar-refractivity contribution in [1.82, 2.24) is 8.75 Å². The SMILES string of the molecule is c1cc2cc3cc(-c4ccc(-c5cc6cc7ccsc7cc6s5)c5nsnc45)sc3cc2s1. The molecule has 0 bridgehead atoms. The van der Waals surface area contributed by atoms with Gasteiger partial charge in [0.1, 0.15) is 11.0 Å². The quantitative estimate of drug-likeness (QED) is 0.230. The molecule has 7 heteroatoms. The van der Waals surface area contributed by atoms with Crippen LogP contribution in [0, 0.1) is 0 Å². The molecule has 5 heterocycles. The van der Waals surface area contributed by atoms with Crippen LogP contribution in [0.3, 0.4) is 0 Å². The van der Waals surface area contributed by atoms with Crippen LogP contribution in [-0.4, -0.2) is 8.75 Å². The molecule has 33 heavy (non-hydrogen) atoms. The molecule has 0 atom stereocenters. The largest absolute Gasteiger partial charge is 0.172 e. The van der Waals surface area contributed by atoms with Gasteiger partial charge in [-0.05, 0) is 80.8 Å². The van der Waals surface area contributed by atoms with E-state index in [9.17, 15) is 0 Å². The smallest absolute Gasteiger partial charge is 0.114 e. The number of nitrogens with zero attached hydrogens (tertiary/aromatic N) is 2. The lowest BCUT2D eigenvalue weighted by molar-refractivity contribution is 1.64. The maximum Gasteiger partial charge on any atom is 0.114 e. The van der Waals surface area contributed by atoms with Crippen molar-refractivity contribution < 1.29 is 0 Å². The Kier molecular flexibility index (Phi) is 3.92. The van der Waals surface area contributed by atoms with Crippen LogP contribution < -0.4 is 0 Å². The molecule has 8 rings (SSSR count). The van der Waals surface area contributed by atoms with Crippen LogP contribution >= 0.6 is 57.1 Å². The first kappa shape index (κ1) is 18.7. The summed E-state index contributed by atoms with van der Waals surface area (Å²) in [6.45, 7) is 0. The van der Waals surface area contributed by atoms with Crippen molar-refractivity contribution in [2.75, 3.05) is 0 Å². The first-order valence-electron chi connectivity index (χ1n) is 10.4. The molecule has 0 saturated carbocycles. The zero-order valence-electron chi connectivity index (χ0n) is 16.9. The van der Waals surface area contributed by atoms with Gasteiger partial charge in [-0.1, -0.05) is 12.1 Å². The molecule has 0 aliphatic rings. The van der Waals surface area contributed by atoms with Crippen molar-refractivity contribution in [3.63, 3.8) is 0 Å². The molecule has 3 aromatic carbocycles. The van der Waals surface area contributed by atoms with Crippen molar-refractivity contribution in [2.24, 2.45) is 0 Å². The summed E-state index contributed by atoms with van der Waals surface area (Å²) in [6, 6.07) is 22.7. The van der Waals surface area contributed by atoms with E-state index in [2.05, 4.69) is 71.4 Å². The second-order valence-corrected chi connectivity index (χ2v) is 12.6. The van der Waals surface area contributed by atoms with Crippen molar-refractivity contribution in [3.8, 4) is 20.9 Å². The summed E-state index contributed by atoms with van der Waals surface area (Å²) >= 11 is 8.59. The van der Waals surface area contributed by atoms with Gasteiger partial charge in [0.25, 0.3) is 0 Å². The van der Waals surface area contributed by atoms with Gasteiger partial charge in [-0.25, -0.2) is 0 Å². The fourth-order valence-corrected chi connectivity index (χ4v) is 9.09. The van der Waals surface area contributed by atoms with E-state index in [0.717, 1.165) is 11.0 Å². The zero-order chi connectivity index (χ0) is 21.5. The van der Waals surface area contributed by atoms with Crippen molar-refractivity contribution in [3.05, 3.63) is 71.4 Å². The Bertz CT molecular complexity index is 1760. The van der Waals surface area contributed by atoms with Crippen LogP contribution in [0.1, 0.15) is 0 Å². The van der Waals surface area contributed by atoms with Gasteiger partial charge >= 0.3 is 0 Å². The first-order chi connectivity index (χ1) is 16.3. The molecule has 156 valence electrons. The van der Waals surface area contributed by atoms with Crippen molar-refractivity contribution in [2.45, 2.75) is 0 Å². The maximum absolute atomic E-state index is 4.73. The monoisotopic (exact) mass is 512 g/mol. The molecule has 0 aliphatic heterocycles. The molecular formula is C26H12N2S5. The van der Waals surface area contributed by atoms with E-state index < -0.39 is 0 Å². The van der Waals surface area contributed by atoms with Crippen LogP contribution in [0.4, 0.5) is 0 Å². The number of hydrogen-bond donors (Lipinski definition) is 0. The highest BCUT2D eigenvalue weighted by atomic mass is 32.1. The minimum absolute atomic E-state index is 1.00. The fraction of sp³-hybridized carbons (Fsp3) is 0. The third-order valence-corrected chi connectivity index (χ3v) is 10.7. The van der Waals surface area contributed by atoms with Gasteiger partial charge in [-0.2, -0.15) is 8.75 Å². The number of rotatable bonds is 2. The Labute approximate surface area is 208 Å². The fourth-order valence-electron chi connectivity index (χ4n) is 4.53. The molecule has 2 nitrogen and oxygen atoms in total. The van der Waals surface area contributed by atoms with E-state index in [4.69, 9.17) is 8.75 Å². The van der Waals surface area contributed by atoms with Gasteiger partial charge in [-0.15, -0.1) is 45.3 Å². The number of thiophene rings is 4. The molecule has 0 N–H and O–H groups in total. The summed E-state index contributed by atoms with van der Waals surface area (Å²) in [5.41, 5.74) is 4.36. The predicted octanol–water partition coefficient (Wildman–Crippen LogP) is 9.88. The normalized spacial score (nSPS) is 12.2. The summed E-state index contributed by atoms with van der Waals surface area (Å²) in [5.74, 6) is 0. The van der Waals surface area contributed by atoms with Crippen LogP contribution in [0.25, 0.3) is 72.3 Å². The maximum atomic E-state index is 4.73. The highest BCUT2D eigenvalue weighted by molar-refractivity contribution is 7.24. The second kappa shape index (κ2) is 6.91.